The van der Waals surface area contributed by atoms with Gasteiger partial charge in [-0.25, -0.2) is 9.67 Å². The van der Waals surface area contributed by atoms with Crippen LogP contribution in [0.25, 0.3) is 16.8 Å². The molecule has 5 rings (SSSR count). The summed E-state index contributed by atoms with van der Waals surface area (Å²) < 4.78 is 7.90. The summed E-state index contributed by atoms with van der Waals surface area (Å²) in [6, 6.07) is 13.5. The third-order valence-electron chi connectivity index (χ3n) is 5.85. The lowest BCUT2D eigenvalue weighted by molar-refractivity contribution is 0.297. The van der Waals surface area contributed by atoms with Crippen LogP contribution in [0.5, 0.6) is 5.75 Å². The maximum atomic E-state index is 6.05. The monoisotopic (exact) mass is 375 g/mol. The SMILES string of the molecule is CC1CC(N(C)c2ccc3c(n2)COc2cc(-n4cccn4)ccc2-3)CCN1. The Bertz CT molecular complexity index is 985. The fourth-order valence-corrected chi connectivity index (χ4v) is 4.25. The van der Waals surface area contributed by atoms with Crippen LogP contribution in [0, 0.1) is 0 Å². The maximum absolute atomic E-state index is 6.05. The van der Waals surface area contributed by atoms with Crippen LogP contribution in [-0.2, 0) is 6.61 Å². The van der Waals surface area contributed by atoms with Gasteiger partial charge in [0.25, 0.3) is 0 Å². The molecule has 0 amide bonds. The van der Waals surface area contributed by atoms with Gasteiger partial charge in [-0.15, -0.1) is 0 Å². The quantitative estimate of drug-likeness (QED) is 0.760. The summed E-state index contributed by atoms with van der Waals surface area (Å²) in [6.45, 7) is 3.81. The van der Waals surface area contributed by atoms with E-state index in [0.717, 1.165) is 53.5 Å². The molecule has 3 aromatic rings. The highest BCUT2D eigenvalue weighted by Crippen LogP contribution is 2.39. The molecule has 0 aliphatic carbocycles. The topological polar surface area (TPSA) is 55.2 Å². The molecule has 0 spiro atoms. The molecule has 0 radical (unpaired) electrons. The summed E-state index contributed by atoms with van der Waals surface area (Å²) in [5.41, 5.74) is 4.25. The van der Waals surface area contributed by atoms with E-state index in [2.05, 4.69) is 53.6 Å². The van der Waals surface area contributed by atoms with E-state index < -0.39 is 0 Å². The first kappa shape index (κ1) is 17.3. The minimum absolute atomic E-state index is 0.495. The molecule has 6 nitrogen and oxygen atoms in total. The summed E-state index contributed by atoms with van der Waals surface area (Å²) in [7, 11) is 2.16. The summed E-state index contributed by atoms with van der Waals surface area (Å²) in [5.74, 6) is 1.91. The van der Waals surface area contributed by atoms with Gasteiger partial charge in [-0.05, 0) is 56.6 Å². The van der Waals surface area contributed by atoms with Gasteiger partial charge in [0.2, 0.25) is 0 Å². The van der Waals surface area contributed by atoms with Crippen molar-refractivity contribution in [2.75, 3.05) is 18.5 Å². The van der Waals surface area contributed by atoms with Crippen molar-refractivity contribution in [3.05, 3.63) is 54.5 Å². The van der Waals surface area contributed by atoms with Crippen LogP contribution in [0.4, 0.5) is 5.82 Å². The minimum Gasteiger partial charge on any atom is -0.487 e. The van der Waals surface area contributed by atoms with Crippen LogP contribution in [0.3, 0.4) is 0 Å². The molecule has 2 aromatic heterocycles. The molecule has 28 heavy (non-hydrogen) atoms. The van der Waals surface area contributed by atoms with Gasteiger partial charge >= 0.3 is 0 Å². The minimum atomic E-state index is 0.495. The largest absolute Gasteiger partial charge is 0.487 e. The number of pyridine rings is 1. The highest BCUT2D eigenvalue weighted by atomic mass is 16.5. The van der Waals surface area contributed by atoms with Crippen molar-refractivity contribution in [2.24, 2.45) is 0 Å². The zero-order chi connectivity index (χ0) is 19.1. The van der Waals surface area contributed by atoms with Gasteiger partial charge in [-0.3, -0.25) is 0 Å². The average Bonchev–Trinajstić information content (AvgIpc) is 3.27. The molecule has 0 saturated carbocycles. The Hall–Kier alpha value is -2.86. The van der Waals surface area contributed by atoms with Crippen LogP contribution in [0.15, 0.2) is 48.8 Å². The lowest BCUT2D eigenvalue weighted by Crippen LogP contribution is -2.45. The molecule has 1 aromatic carbocycles. The molecule has 1 N–H and O–H groups in total. The van der Waals surface area contributed by atoms with E-state index in [4.69, 9.17) is 9.72 Å². The number of ether oxygens (including phenoxy) is 1. The Kier molecular flexibility index (Phi) is 4.28. The van der Waals surface area contributed by atoms with Gasteiger partial charge in [0.1, 0.15) is 18.2 Å². The third-order valence-corrected chi connectivity index (χ3v) is 5.85. The molecule has 4 heterocycles. The van der Waals surface area contributed by atoms with E-state index >= 15 is 0 Å². The zero-order valence-electron chi connectivity index (χ0n) is 16.3. The van der Waals surface area contributed by atoms with Crippen molar-refractivity contribution in [3.63, 3.8) is 0 Å². The fourth-order valence-electron chi connectivity index (χ4n) is 4.25. The first-order valence-electron chi connectivity index (χ1n) is 9.92. The van der Waals surface area contributed by atoms with Crippen LogP contribution in [0.2, 0.25) is 0 Å². The highest BCUT2D eigenvalue weighted by molar-refractivity contribution is 5.76. The van der Waals surface area contributed by atoms with E-state index in [9.17, 15) is 0 Å². The lowest BCUT2D eigenvalue weighted by Gasteiger charge is -2.36. The van der Waals surface area contributed by atoms with Crippen molar-refractivity contribution >= 4 is 5.82 Å². The molecule has 0 bridgehead atoms. The highest BCUT2D eigenvalue weighted by Gasteiger charge is 2.25. The number of hydrogen-bond donors (Lipinski definition) is 1. The van der Waals surface area contributed by atoms with Gasteiger partial charge in [-0.2, -0.15) is 5.10 Å². The molecule has 1 fully saturated rings. The standard InChI is InChI=1S/C22H25N5O/c1-15-12-16(8-10-23-15)26(2)22-7-6-18-19-5-4-17(27-11-3-9-24-27)13-21(19)28-14-20(18)25-22/h3-7,9,11,13,15-16,23H,8,10,12,14H2,1-2H3. The van der Waals surface area contributed by atoms with Gasteiger partial charge in [-0.1, -0.05) is 0 Å². The second kappa shape index (κ2) is 6.95. The molecule has 2 aliphatic rings. The molecule has 6 heteroatoms. The van der Waals surface area contributed by atoms with Crippen molar-refractivity contribution in [1.82, 2.24) is 20.1 Å². The number of nitrogens with one attached hydrogen (secondary N) is 1. The zero-order valence-corrected chi connectivity index (χ0v) is 16.3. The Labute approximate surface area is 165 Å². The predicted octanol–water partition coefficient (Wildman–Crippen LogP) is 3.40. The van der Waals surface area contributed by atoms with Crippen LogP contribution in [-0.4, -0.2) is 40.4 Å². The number of piperidine rings is 1. The number of anilines is 1. The first-order chi connectivity index (χ1) is 13.7. The summed E-state index contributed by atoms with van der Waals surface area (Å²) in [4.78, 5) is 7.27. The van der Waals surface area contributed by atoms with Crippen molar-refractivity contribution in [1.29, 1.82) is 0 Å². The average molecular weight is 375 g/mol. The number of benzene rings is 1. The van der Waals surface area contributed by atoms with Crippen molar-refractivity contribution < 1.29 is 4.74 Å². The smallest absolute Gasteiger partial charge is 0.131 e. The van der Waals surface area contributed by atoms with Crippen LogP contribution < -0.4 is 15.0 Å². The molecule has 2 unspecified atom stereocenters. The molecular weight excluding hydrogens is 350 g/mol. The molecule has 144 valence electrons. The van der Waals surface area contributed by atoms with Crippen molar-refractivity contribution in [3.8, 4) is 22.6 Å². The van der Waals surface area contributed by atoms with Gasteiger partial charge in [0.05, 0.1) is 11.4 Å². The second-order valence-corrected chi connectivity index (χ2v) is 7.73. The second-order valence-electron chi connectivity index (χ2n) is 7.73. The van der Waals surface area contributed by atoms with E-state index in [1.807, 2.05) is 23.0 Å². The number of rotatable bonds is 3. The van der Waals surface area contributed by atoms with Crippen molar-refractivity contribution in [2.45, 2.75) is 38.5 Å². The van der Waals surface area contributed by atoms with Crippen LogP contribution >= 0.6 is 0 Å². The number of hydrogen-bond acceptors (Lipinski definition) is 5. The number of aromatic nitrogens is 3. The normalized spacial score (nSPS) is 20.8. The van der Waals surface area contributed by atoms with E-state index in [0.29, 0.717) is 18.7 Å². The molecular formula is C22H25N5O. The summed E-state index contributed by atoms with van der Waals surface area (Å²) >= 11 is 0. The first-order valence-corrected chi connectivity index (χ1v) is 9.92. The van der Waals surface area contributed by atoms with Gasteiger partial charge in [0, 0.05) is 48.7 Å². The van der Waals surface area contributed by atoms with E-state index in [-0.39, 0.29) is 0 Å². The van der Waals surface area contributed by atoms with Gasteiger partial charge < -0.3 is 15.0 Å². The Balaban J connectivity index is 1.44. The van der Waals surface area contributed by atoms with Crippen LogP contribution in [0.1, 0.15) is 25.5 Å². The fraction of sp³-hybridized carbons (Fsp3) is 0.364. The number of fused-ring (bicyclic) bond motifs is 3. The third kappa shape index (κ3) is 3.03. The predicted molar refractivity (Wildman–Crippen MR) is 110 cm³/mol. The molecule has 2 aliphatic heterocycles. The van der Waals surface area contributed by atoms with Gasteiger partial charge in [0.15, 0.2) is 0 Å². The Morgan fingerprint density at radius 3 is 2.93 bits per heavy atom. The number of nitrogens with zero attached hydrogens (tertiary/aromatic N) is 4. The Morgan fingerprint density at radius 1 is 1.21 bits per heavy atom. The van der Waals surface area contributed by atoms with E-state index in [1.54, 1.807) is 6.20 Å². The lowest BCUT2D eigenvalue weighted by atomic mass is 9.98. The molecule has 2 atom stereocenters. The Morgan fingerprint density at radius 2 is 2.11 bits per heavy atom. The molecule has 1 saturated heterocycles. The van der Waals surface area contributed by atoms with E-state index in [1.165, 1.54) is 0 Å². The summed E-state index contributed by atoms with van der Waals surface area (Å²) in [6.07, 6.45) is 6.00. The summed E-state index contributed by atoms with van der Waals surface area (Å²) in [5, 5.41) is 7.82. The maximum Gasteiger partial charge on any atom is 0.131 e.